The van der Waals surface area contributed by atoms with Crippen LogP contribution in [0.1, 0.15) is 37.5 Å². The van der Waals surface area contributed by atoms with Gasteiger partial charge in [-0.05, 0) is 29.7 Å². The van der Waals surface area contributed by atoms with Crippen LogP contribution in [0.15, 0.2) is 55.1 Å². The maximum absolute atomic E-state index is 6.11. The van der Waals surface area contributed by atoms with Gasteiger partial charge in [-0.2, -0.15) is 0 Å². The Balaban J connectivity index is 2.45. The van der Waals surface area contributed by atoms with Gasteiger partial charge in [-0.15, -0.1) is 0 Å². The summed E-state index contributed by atoms with van der Waals surface area (Å²) in [5.41, 5.74) is 11.5. The predicted molar refractivity (Wildman–Crippen MR) is 84.1 cm³/mol. The Morgan fingerprint density at radius 2 is 1.58 bits per heavy atom. The van der Waals surface area contributed by atoms with Gasteiger partial charge in [-0.25, -0.2) is 0 Å². The zero-order chi connectivity index (χ0) is 14.0. The fourth-order valence-corrected chi connectivity index (χ4v) is 2.39. The van der Waals surface area contributed by atoms with E-state index in [0.717, 1.165) is 16.8 Å². The zero-order valence-electron chi connectivity index (χ0n) is 11.9. The van der Waals surface area contributed by atoms with E-state index < -0.39 is 0 Å². The molecule has 2 aromatic carbocycles. The largest absolute Gasteiger partial charge is 0.398 e. The third-order valence-corrected chi connectivity index (χ3v) is 3.73. The summed E-state index contributed by atoms with van der Waals surface area (Å²) in [4.78, 5) is 0. The van der Waals surface area contributed by atoms with Crippen molar-refractivity contribution in [3.05, 3.63) is 71.8 Å². The summed E-state index contributed by atoms with van der Waals surface area (Å²) in [7, 11) is 0. The topological polar surface area (TPSA) is 26.0 Å². The summed E-state index contributed by atoms with van der Waals surface area (Å²) < 4.78 is 0. The molecule has 1 heteroatoms. The first-order chi connectivity index (χ1) is 8.93. The molecule has 0 saturated carbocycles. The van der Waals surface area contributed by atoms with Crippen molar-refractivity contribution in [1.29, 1.82) is 0 Å². The fourth-order valence-electron chi connectivity index (χ4n) is 2.39. The van der Waals surface area contributed by atoms with Gasteiger partial charge in [0.1, 0.15) is 0 Å². The van der Waals surface area contributed by atoms with E-state index >= 15 is 0 Å². The van der Waals surface area contributed by atoms with Crippen LogP contribution in [0.25, 0.3) is 5.57 Å². The monoisotopic (exact) mass is 251 g/mol. The summed E-state index contributed by atoms with van der Waals surface area (Å²) in [6.45, 7) is 10.4. The number of nitrogen functional groups attached to an aromatic ring is 1. The minimum Gasteiger partial charge on any atom is -0.398 e. The highest BCUT2D eigenvalue weighted by Gasteiger charge is 2.24. The van der Waals surface area contributed by atoms with E-state index in [2.05, 4.69) is 50.8 Å². The average molecular weight is 251 g/mol. The lowest BCUT2D eigenvalue weighted by Crippen LogP contribution is -2.20. The quantitative estimate of drug-likeness (QED) is 0.791. The molecule has 0 spiro atoms. The highest BCUT2D eigenvalue weighted by molar-refractivity contribution is 5.62. The molecule has 0 amide bonds. The van der Waals surface area contributed by atoms with Gasteiger partial charge >= 0.3 is 0 Å². The van der Waals surface area contributed by atoms with E-state index in [9.17, 15) is 0 Å². The minimum absolute atomic E-state index is 0.0983. The van der Waals surface area contributed by atoms with Gasteiger partial charge < -0.3 is 5.73 Å². The summed E-state index contributed by atoms with van der Waals surface area (Å²) in [5, 5.41) is 0. The van der Waals surface area contributed by atoms with Crippen molar-refractivity contribution in [2.45, 2.75) is 26.2 Å². The van der Waals surface area contributed by atoms with Gasteiger partial charge in [-0.3, -0.25) is 0 Å². The van der Waals surface area contributed by atoms with Crippen LogP contribution in [0.2, 0.25) is 0 Å². The molecule has 2 rings (SSSR count). The molecule has 1 nitrogen and oxygen atoms in total. The van der Waals surface area contributed by atoms with Gasteiger partial charge in [0.05, 0.1) is 0 Å². The van der Waals surface area contributed by atoms with Crippen molar-refractivity contribution in [1.82, 2.24) is 0 Å². The molecule has 0 radical (unpaired) electrons. The summed E-state index contributed by atoms with van der Waals surface area (Å²) in [5.74, 6) is 0. The van der Waals surface area contributed by atoms with Crippen LogP contribution in [0, 0.1) is 0 Å². The lowest BCUT2D eigenvalue weighted by molar-refractivity contribution is 0.643. The van der Waals surface area contributed by atoms with Gasteiger partial charge in [0, 0.05) is 11.1 Å². The molecule has 19 heavy (non-hydrogen) atoms. The van der Waals surface area contributed by atoms with Crippen molar-refractivity contribution in [3.63, 3.8) is 0 Å². The molecule has 0 saturated heterocycles. The van der Waals surface area contributed by atoms with E-state index in [1.54, 1.807) is 0 Å². The Kier molecular flexibility index (Phi) is 3.48. The highest BCUT2D eigenvalue weighted by atomic mass is 14.6. The van der Waals surface area contributed by atoms with Crippen LogP contribution in [-0.4, -0.2) is 0 Å². The van der Waals surface area contributed by atoms with Crippen LogP contribution in [0.3, 0.4) is 0 Å². The standard InChI is InChI=1S/C18H21N/c1-13(2)14-9-11-15(12-10-14)18(3,4)16-7-5-6-8-17(16)19/h5-12H,1,19H2,2-4H3. The molecule has 98 valence electrons. The minimum atomic E-state index is -0.0983. The molecule has 0 aromatic heterocycles. The molecule has 0 heterocycles. The van der Waals surface area contributed by atoms with Gasteiger partial charge in [0.2, 0.25) is 0 Å². The Labute approximate surface area is 115 Å². The lowest BCUT2D eigenvalue weighted by Gasteiger charge is -2.27. The zero-order valence-corrected chi connectivity index (χ0v) is 11.9. The predicted octanol–water partition coefficient (Wildman–Crippen LogP) is 4.63. The normalized spacial score (nSPS) is 11.3. The van der Waals surface area contributed by atoms with E-state index in [4.69, 9.17) is 5.73 Å². The molecule has 0 fully saturated rings. The number of allylic oxidation sites excluding steroid dienone is 1. The second kappa shape index (κ2) is 4.93. The number of para-hydroxylation sites is 1. The third-order valence-electron chi connectivity index (χ3n) is 3.73. The number of benzene rings is 2. The summed E-state index contributed by atoms with van der Waals surface area (Å²) in [6.07, 6.45) is 0. The SMILES string of the molecule is C=C(C)c1ccc(C(C)(C)c2ccccc2N)cc1. The average Bonchev–Trinajstić information content (AvgIpc) is 2.39. The van der Waals surface area contributed by atoms with Gasteiger partial charge in [0.15, 0.2) is 0 Å². The first-order valence-corrected chi connectivity index (χ1v) is 6.54. The van der Waals surface area contributed by atoms with Gasteiger partial charge in [0.25, 0.3) is 0 Å². The van der Waals surface area contributed by atoms with Crippen molar-refractivity contribution >= 4 is 11.3 Å². The van der Waals surface area contributed by atoms with Crippen molar-refractivity contribution in [2.75, 3.05) is 5.73 Å². The number of hydrogen-bond acceptors (Lipinski definition) is 1. The Bertz CT molecular complexity index is 591. The van der Waals surface area contributed by atoms with E-state index in [1.807, 2.05) is 25.1 Å². The van der Waals surface area contributed by atoms with Crippen LogP contribution in [0.5, 0.6) is 0 Å². The maximum atomic E-state index is 6.11. The third kappa shape index (κ3) is 2.55. The molecule has 2 aromatic rings. The first kappa shape index (κ1) is 13.4. The Morgan fingerprint density at radius 3 is 2.11 bits per heavy atom. The fraction of sp³-hybridized carbons (Fsp3) is 0.222. The number of hydrogen-bond donors (Lipinski definition) is 1. The molecular weight excluding hydrogens is 230 g/mol. The molecule has 0 aliphatic rings. The second-order valence-corrected chi connectivity index (χ2v) is 5.57. The number of anilines is 1. The van der Waals surface area contributed by atoms with E-state index in [1.165, 1.54) is 11.1 Å². The van der Waals surface area contributed by atoms with Crippen LogP contribution < -0.4 is 5.73 Å². The molecule has 0 aliphatic heterocycles. The smallest absolute Gasteiger partial charge is 0.0355 e. The van der Waals surface area contributed by atoms with Crippen LogP contribution in [-0.2, 0) is 5.41 Å². The van der Waals surface area contributed by atoms with Crippen molar-refractivity contribution < 1.29 is 0 Å². The molecule has 0 bridgehead atoms. The lowest BCUT2D eigenvalue weighted by atomic mass is 9.77. The molecule has 2 N–H and O–H groups in total. The summed E-state index contributed by atoms with van der Waals surface area (Å²) in [6, 6.07) is 16.6. The van der Waals surface area contributed by atoms with Crippen molar-refractivity contribution in [2.24, 2.45) is 0 Å². The Morgan fingerprint density at radius 1 is 1.00 bits per heavy atom. The van der Waals surface area contributed by atoms with Crippen LogP contribution >= 0.6 is 0 Å². The van der Waals surface area contributed by atoms with E-state index in [0.29, 0.717) is 0 Å². The molecular formula is C18H21N. The van der Waals surface area contributed by atoms with E-state index in [-0.39, 0.29) is 5.41 Å². The Hall–Kier alpha value is -2.02. The van der Waals surface area contributed by atoms with Crippen molar-refractivity contribution in [3.8, 4) is 0 Å². The molecule has 0 atom stereocenters. The molecule has 0 aliphatic carbocycles. The highest BCUT2D eigenvalue weighted by Crippen LogP contribution is 2.35. The van der Waals surface area contributed by atoms with Crippen LogP contribution in [0.4, 0.5) is 5.69 Å². The number of rotatable bonds is 3. The molecule has 0 unspecified atom stereocenters. The number of nitrogens with two attached hydrogens (primary N) is 1. The first-order valence-electron chi connectivity index (χ1n) is 6.54. The maximum Gasteiger partial charge on any atom is 0.0355 e. The second-order valence-electron chi connectivity index (χ2n) is 5.57. The summed E-state index contributed by atoms with van der Waals surface area (Å²) >= 11 is 0. The van der Waals surface area contributed by atoms with Gasteiger partial charge in [-0.1, -0.05) is 68.5 Å².